The molecular formula is C21H27NOS. The van der Waals surface area contributed by atoms with Gasteiger partial charge < -0.3 is 5.32 Å². The molecule has 2 aromatic rings. The van der Waals surface area contributed by atoms with E-state index in [1.165, 1.54) is 22.3 Å². The Balaban J connectivity index is 1.67. The van der Waals surface area contributed by atoms with Crippen molar-refractivity contribution in [2.75, 3.05) is 5.75 Å². The van der Waals surface area contributed by atoms with E-state index in [-0.39, 0.29) is 11.9 Å². The lowest BCUT2D eigenvalue weighted by Gasteiger charge is -2.14. The summed E-state index contributed by atoms with van der Waals surface area (Å²) in [6, 6.07) is 17.2. The van der Waals surface area contributed by atoms with Crippen LogP contribution in [0, 0.1) is 13.8 Å². The van der Waals surface area contributed by atoms with Crippen molar-refractivity contribution in [3.8, 4) is 0 Å². The van der Waals surface area contributed by atoms with Gasteiger partial charge in [0.25, 0.3) is 0 Å². The third kappa shape index (κ3) is 6.79. The molecule has 0 aliphatic rings. The lowest BCUT2D eigenvalue weighted by atomic mass is 10.1. The zero-order valence-electron chi connectivity index (χ0n) is 14.8. The molecule has 0 unspecified atom stereocenters. The standard InChI is InChI=1S/C21H27NOS/c1-16-11-17(2)13-20(12-16)14-24-15-21(23)22-18(3)9-10-19-7-5-4-6-8-19/h4-8,11-13,18H,9-10,14-15H2,1-3H3,(H,22,23)/t18-/m1/s1. The molecule has 3 heteroatoms. The van der Waals surface area contributed by atoms with Crippen molar-refractivity contribution < 1.29 is 4.79 Å². The summed E-state index contributed by atoms with van der Waals surface area (Å²) in [5, 5.41) is 3.10. The van der Waals surface area contributed by atoms with Crippen LogP contribution in [0.2, 0.25) is 0 Å². The smallest absolute Gasteiger partial charge is 0.230 e. The molecule has 2 nitrogen and oxygen atoms in total. The predicted molar refractivity (Wildman–Crippen MR) is 104 cm³/mol. The number of amides is 1. The first-order valence-corrected chi connectivity index (χ1v) is 9.66. The van der Waals surface area contributed by atoms with Crippen molar-refractivity contribution in [2.24, 2.45) is 0 Å². The molecule has 0 saturated carbocycles. The Morgan fingerprint density at radius 2 is 1.71 bits per heavy atom. The monoisotopic (exact) mass is 341 g/mol. The van der Waals surface area contributed by atoms with Crippen molar-refractivity contribution in [3.63, 3.8) is 0 Å². The molecule has 128 valence electrons. The van der Waals surface area contributed by atoms with Crippen LogP contribution < -0.4 is 5.32 Å². The Labute approximate surface area is 150 Å². The predicted octanol–water partition coefficient (Wildman–Crippen LogP) is 4.67. The van der Waals surface area contributed by atoms with Crippen LogP contribution in [0.3, 0.4) is 0 Å². The van der Waals surface area contributed by atoms with Crippen LogP contribution in [0.5, 0.6) is 0 Å². The molecule has 24 heavy (non-hydrogen) atoms. The molecule has 0 heterocycles. The quantitative estimate of drug-likeness (QED) is 0.756. The molecule has 0 fully saturated rings. The van der Waals surface area contributed by atoms with Crippen LogP contribution >= 0.6 is 11.8 Å². The molecule has 0 bridgehead atoms. The van der Waals surface area contributed by atoms with E-state index >= 15 is 0 Å². The first kappa shape index (κ1) is 18.6. The van der Waals surface area contributed by atoms with Crippen molar-refractivity contribution in [2.45, 2.75) is 45.4 Å². The minimum atomic E-state index is 0.130. The molecule has 2 rings (SSSR count). The average molecular weight is 342 g/mol. The number of hydrogen-bond acceptors (Lipinski definition) is 2. The normalized spacial score (nSPS) is 12.0. The van der Waals surface area contributed by atoms with E-state index < -0.39 is 0 Å². The summed E-state index contributed by atoms with van der Waals surface area (Å²) >= 11 is 1.68. The summed E-state index contributed by atoms with van der Waals surface area (Å²) in [6.45, 7) is 6.31. The largest absolute Gasteiger partial charge is 0.353 e. The van der Waals surface area contributed by atoms with Crippen molar-refractivity contribution in [3.05, 3.63) is 70.8 Å². The second kappa shape index (κ2) is 9.53. The molecule has 1 N–H and O–H groups in total. The van der Waals surface area contributed by atoms with Crippen molar-refractivity contribution in [1.82, 2.24) is 5.32 Å². The molecule has 0 saturated heterocycles. The van der Waals surface area contributed by atoms with Gasteiger partial charge in [-0.15, -0.1) is 11.8 Å². The number of rotatable bonds is 8. The zero-order valence-corrected chi connectivity index (χ0v) is 15.7. The zero-order chi connectivity index (χ0) is 17.4. The van der Waals surface area contributed by atoms with E-state index in [0.29, 0.717) is 5.75 Å². The van der Waals surface area contributed by atoms with Gasteiger partial charge in [0.15, 0.2) is 0 Å². The summed E-state index contributed by atoms with van der Waals surface area (Å²) in [6.07, 6.45) is 1.97. The lowest BCUT2D eigenvalue weighted by molar-refractivity contribution is -0.119. The maximum absolute atomic E-state index is 12.1. The van der Waals surface area contributed by atoms with Gasteiger partial charge in [-0.1, -0.05) is 59.7 Å². The molecule has 2 aromatic carbocycles. The maximum atomic E-state index is 12.1. The molecule has 1 atom stereocenters. The lowest BCUT2D eigenvalue weighted by Crippen LogP contribution is -2.34. The van der Waals surface area contributed by atoms with Gasteiger partial charge in [-0.25, -0.2) is 0 Å². The third-order valence-electron chi connectivity index (χ3n) is 3.90. The summed E-state index contributed by atoms with van der Waals surface area (Å²) in [7, 11) is 0. The highest BCUT2D eigenvalue weighted by Gasteiger charge is 2.08. The minimum Gasteiger partial charge on any atom is -0.353 e. The highest BCUT2D eigenvalue weighted by atomic mass is 32.2. The molecule has 1 amide bonds. The molecule has 0 spiro atoms. The number of nitrogens with one attached hydrogen (secondary N) is 1. The first-order valence-electron chi connectivity index (χ1n) is 8.51. The number of benzene rings is 2. The van der Waals surface area contributed by atoms with E-state index in [4.69, 9.17) is 0 Å². The summed E-state index contributed by atoms with van der Waals surface area (Å²) in [5.74, 6) is 1.53. The van der Waals surface area contributed by atoms with Crippen LogP contribution in [-0.2, 0) is 17.0 Å². The van der Waals surface area contributed by atoms with Crippen LogP contribution in [-0.4, -0.2) is 17.7 Å². The first-order chi connectivity index (χ1) is 11.5. The van der Waals surface area contributed by atoms with E-state index in [1.54, 1.807) is 11.8 Å². The fraction of sp³-hybridized carbons (Fsp3) is 0.381. The van der Waals surface area contributed by atoms with Gasteiger partial charge in [0.1, 0.15) is 0 Å². The van der Waals surface area contributed by atoms with Gasteiger partial charge in [0.2, 0.25) is 5.91 Å². The van der Waals surface area contributed by atoms with Gasteiger partial charge in [-0.2, -0.15) is 0 Å². The van der Waals surface area contributed by atoms with E-state index in [1.807, 2.05) is 6.07 Å². The van der Waals surface area contributed by atoms with Crippen molar-refractivity contribution >= 4 is 17.7 Å². The second-order valence-electron chi connectivity index (χ2n) is 6.48. The van der Waals surface area contributed by atoms with Gasteiger partial charge in [-0.3, -0.25) is 4.79 Å². The van der Waals surface area contributed by atoms with E-state index in [9.17, 15) is 4.79 Å². The Kier molecular flexibility index (Phi) is 7.38. The Morgan fingerprint density at radius 1 is 1.04 bits per heavy atom. The highest BCUT2D eigenvalue weighted by molar-refractivity contribution is 7.99. The van der Waals surface area contributed by atoms with Crippen LogP contribution in [0.4, 0.5) is 0 Å². The molecular weight excluding hydrogens is 314 g/mol. The number of carbonyl (C=O) groups excluding carboxylic acids is 1. The van der Waals surface area contributed by atoms with Gasteiger partial charge in [0, 0.05) is 11.8 Å². The Morgan fingerprint density at radius 3 is 2.38 bits per heavy atom. The maximum Gasteiger partial charge on any atom is 0.230 e. The second-order valence-corrected chi connectivity index (χ2v) is 7.47. The van der Waals surface area contributed by atoms with Gasteiger partial charge in [-0.05, 0) is 44.7 Å². The van der Waals surface area contributed by atoms with Crippen LogP contribution in [0.1, 0.15) is 35.6 Å². The van der Waals surface area contributed by atoms with E-state index in [2.05, 4.69) is 68.6 Å². The average Bonchev–Trinajstić information content (AvgIpc) is 2.53. The molecule has 0 radical (unpaired) electrons. The Hall–Kier alpha value is -1.74. The van der Waals surface area contributed by atoms with Crippen LogP contribution in [0.15, 0.2) is 48.5 Å². The number of carbonyl (C=O) groups is 1. The van der Waals surface area contributed by atoms with E-state index in [0.717, 1.165) is 18.6 Å². The van der Waals surface area contributed by atoms with Crippen LogP contribution in [0.25, 0.3) is 0 Å². The summed E-state index contributed by atoms with van der Waals surface area (Å²) in [4.78, 5) is 12.1. The molecule has 0 aromatic heterocycles. The number of thioether (sulfide) groups is 1. The fourth-order valence-corrected chi connectivity index (χ4v) is 3.60. The van der Waals surface area contributed by atoms with Gasteiger partial charge >= 0.3 is 0 Å². The SMILES string of the molecule is Cc1cc(C)cc(CSCC(=O)N[C@H](C)CCc2ccccc2)c1. The third-order valence-corrected chi connectivity index (χ3v) is 4.90. The Bertz CT molecular complexity index is 634. The molecule has 0 aliphatic heterocycles. The minimum absolute atomic E-state index is 0.130. The molecule has 0 aliphatic carbocycles. The number of hydrogen-bond donors (Lipinski definition) is 1. The topological polar surface area (TPSA) is 29.1 Å². The van der Waals surface area contributed by atoms with Crippen molar-refractivity contribution in [1.29, 1.82) is 0 Å². The number of aryl methyl sites for hydroxylation is 3. The summed E-state index contributed by atoms with van der Waals surface area (Å²) in [5.41, 5.74) is 5.18. The van der Waals surface area contributed by atoms with Gasteiger partial charge in [0.05, 0.1) is 5.75 Å². The fourth-order valence-electron chi connectivity index (χ4n) is 2.83. The summed E-state index contributed by atoms with van der Waals surface area (Å²) < 4.78 is 0. The highest BCUT2D eigenvalue weighted by Crippen LogP contribution is 2.15.